The maximum atomic E-state index is 11.8. The van der Waals surface area contributed by atoms with Crippen LogP contribution >= 0.6 is 0 Å². The molecule has 7 nitrogen and oxygen atoms in total. The van der Waals surface area contributed by atoms with E-state index in [0.717, 1.165) is 24.3 Å². The summed E-state index contributed by atoms with van der Waals surface area (Å²) in [5, 5.41) is 18.9. The van der Waals surface area contributed by atoms with E-state index in [2.05, 4.69) is 4.72 Å². The summed E-state index contributed by atoms with van der Waals surface area (Å²) >= 11 is 0. The number of non-ortho nitro benzene ring substituents is 1. The Morgan fingerprint density at radius 3 is 2.44 bits per heavy atom. The van der Waals surface area contributed by atoms with Gasteiger partial charge in [0, 0.05) is 18.2 Å². The summed E-state index contributed by atoms with van der Waals surface area (Å²) in [6.07, 6.45) is 0.0478. The molecule has 0 aliphatic heterocycles. The van der Waals surface area contributed by atoms with E-state index in [1.54, 1.807) is 6.92 Å². The molecule has 0 saturated heterocycles. The molecule has 8 heteroatoms. The predicted octanol–water partition coefficient (Wildman–Crippen LogP) is 1.18. The molecule has 96 valence electrons. The molecule has 0 aliphatic rings. The van der Waals surface area contributed by atoms with E-state index in [9.17, 15) is 18.5 Å². The van der Waals surface area contributed by atoms with Crippen LogP contribution in [0.5, 0.6) is 0 Å². The molecule has 0 unspecified atom stereocenters. The van der Waals surface area contributed by atoms with E-state index in [1.165, 1.54) is 0 Å². The number of nitro benzene ring substituents is 1. The number of sulfonamides is 1. The van der Waals surface area contributed by atoms with Crippen LogP contribution in [-0.2, 0) is 10.0 Å². The first kappa shape index (κ1) is 14.1. The normalized spacial score (nSPS) is 12.7. The van der Waals surface area contributed by atoms with E-state index in [1.807, 2.05) is 6.07 Å². The van der Waals surface area contributed by atoms with Crippen LogP contribution in [0.1, 0.15) is 13.3 Å². The maximum Gasteiger partial charge on any atom is 0.269 e. The van der Waals surface area contributed by atoms with Crippen molar-refractivity contribution >= 4 is 15.7 Å². The molecule has 0 aromatic heterocycles. The van der Waals surface area contributed by atoms with Gasteiger partial charge in [-0.1, -0.05) is 0 Å². The van der Waals surface area contributed by atoms with E-state index in [4.69, 9.17) is 5.26 Å². The van der Waals surface area contributed by atoms with Crippen LogP contribution < -0.4 is 4.72 Å². The van der Waals surface area contributed by atoms with E-state index in [0.29, 0.717) is 0 Å². The zero-order valence-corrected chi connectivity index (χ0v) is 10.3. The first-order chi connectivity index (χ1) is 8.36. The molecule has 0 aliphatic carbocycles. The summed E-state index contributed by atoms with van der Waals surface area (Å²) in [6, 6.07) is 5.86. The summed E-state index contributed by atoms with van der Waals surface area (Å²) in [5.41, 5.74) is -0.181. The monoisotopic (exact) mass is 269 g/mol. The fourth-order valence-corrected chi connectivity index (χ4v) is 2.50. The number of nitriles is 1. The van der Waals surface area contributed by atoms with E-state index < -0.39 is 21.0 Å². The standard InChI is InChI=1S/C10H11N3O4S/c1-8(6-7-11)12-18(16,17)10-4-2-9(3-5-10)13(14)15/h2-5,8,12H,6H2,1H3/t8-/m1/s1. The molecule has 0 amide bonds. The summed E-state index contributed by atoms with van der Waals surface area (Å²) in [4.78, 5) is 9.75. The van der Waals surface area contributed by atoms with Crippen molar-refractivity contribution in [2.75, 3.05) is 0 Å². The van der Waals surface area contributed by atoms with Gasteiger partial charge in [-0.2, -0.15) is 5.26 Å². The highest BCUT2D eigenvalue weighted by molar-refractivity contribution is 7.89. The molecule has 1 atom stereocenters. The highest BCUT2D eigenvalue weighted by Crippen LogP contribution is 2.16. The van der Waals surface area contributed by atoms with Crippen molar-refractivity contribution in [1.82, 2.24) is 4.72 Å². The van der Waals surface area contributed by atoms with Crippen molar-refractivity contribution in [3.63, 3.8) is 0 Å². The topological polar surface area (TPSA) is 113 Å². The lowest BCUT2D eigenvalue weighted by Crippen LogP contribution is -2.32. The number of hydrogen-bond acceptors (Lipinski definition) is 5. The minimum atomic E-state index is -3.75. The zero-order valence-electron chi connectivity index (χ0n) is 9.53. The van der Waals surface area contributed by atoms with Crippen LogP contribution in [0.4, 0.5) is 5.69 Å². The molecule has 18 heavy (non-hydrogen) atoms. The summed E-state index contributed by atoms with van der Waals surface area (Å²) in [5.74, 6) is 0. The molecule has 0 fully saturated rings. The second-order valence-corrected chi connectivity index (χ2v) is 5.35. The lowest BCUT2D eigenvalue weighted by Gasteiger charge is -2.10. The Labute approximate surface area is 104 Å². The third kappa shape index (κ3) is 3.51. The highest BCUT2D eigenvalue weighted by Gasteiger charge is 2.18. The van der Waals surface area contributed by atoms with Gasteiger partial charge in [0.25, 0.3) is 5.69 Å². The minimum Gasteiger partial charge on any atom is -0.258 e. The predicted molar refractivity (Wildman–Crippen MR) is 63.1 cm³/mol. The summed E-state index contributed by atoms with van der Waals surface area (Å²) in [7, 11) is -3.75. The van der Waals surface area contributed by atoms with Gasteiger partial charge >= 0.3 is 0 Å². The molecule has 0 radical (unpaired) electrons. The lowest BCUT2D eigenvalue weighted by molar-refractivity contribution is -0.384. The largest absolute Gasteiger partial charge is 0.269 e. The van der Waals surface area contributed by atoms with Crippen LogP contribution in [0.2, 0.25) is 0 Å². The molecule has 0 bridgehead atoms. The molecule has 0 saturated carbocycles. The smallest absolute Gasteiger partial charge is 0.258 e. The maximum absolute atomic E-state index is 11.8. The quantitative estimate of drug-likeness (QED) is 0.636. The van der Waals surface area contributed by atoms with Gasteiger partial charge in [0.15, 0.2) is 0 Å². The molecular formula is C10H11N3O4S. The van der Waals surface area contributed by atoms with Crippen LogP contribution in [0, 0.1) is 21.4 Å². The highest BCUT2D eigenvalue weighted by atomic mass is 32.2. The SMILES string of the molecule is C[C@H](CC#N)NS(=O)(=O)c1ccc([N+](=O)[O-])cc1. The molecule has 1 aromatic rings. The summed E-state index contributed by atoms with van der Waals surface area (Å²) in [6.45, 7) is 1.56. The van der Waals surface area contributed by atoms with Gasteiger partial charge in [-0.3, -0.25) is 10.1 Å². The number of nitro groups is 1. The molecule has 1 aromatic carbocycles. The van der Waals surface area contributed by atoms with Crippen LogP contribution in [0.15, 0.2) is 29.2 Å². The van der Waals surface area contributed by atoms with Crippen molar-refractivity contribution in [2.24, 2.45) is 0 Å². The number of hydrogen-bond donors (Lipinski definition) is 1. The van der Waals surface area contributed by atoms with Crippen molar-refractivity contribution in [3.05, 3.63) is 34.4 Å². The first-order valence-electron chi connectivity index (χ1n) is 5.00. The fourth-order valence-electron chi connectivity index (χ4n) is 1.26. The number of nitrogens with one attached hydrogen (secondary N) is 1. The van der Waals surface area contributed by atoms with Crippen LogP contribution in [0.25, 0.3) is 0 Å². The Hall–Kier alpha value is -1.98. The Morgan fingerprint density at radius 2 is 2.00 bits per heavy atom. The number of rotatable bonds is 5. The Morgan fingerprint density at radius 1 is 1.44 bits per heavy atom. The molecule has 0 heterocycles. The van der Waals surface area contributed by atoms with Gasteiger partial charge < -0.3 is 0 Å². The van der Waals surface area contributed by atoms with Gasteiger partial charge in [-0.05, 0) is 19.1 Å². The number of nitrogens with zero attached hydrogens (tertiary/aromatic N) is 2. The average molecular weight is 269 g/mol. The molecule has 1 rings (SSSR count). The van der Waals surface area contributed by atoms with E-state index >= 15 is 0 Å². The summed E-state index contributed by atoms with van der Waals surface area (Å²) < 4.78 is 25.9. The Kier molecular flexibility index (Phi) is 4.36. The Bertz CT molecular complexity index is 574. The van der Waals surface area contributed by atoms with Gasteiger partial charge in [0.05, 0.1) is 22.3 Å². The van der Waals surface area contributed by atoms with Crippen LogP contribution in [-0.4, -0.2) is 19.4 Å². The molecule has 0 spiro atoms. The first-order valence-corrected chi connectivity index (χ1v) is 6.49. The van der Waals surface area contributed by atoms with Gasteiger partial charge in [-0.15, -0.1) is 0 Å². The molecular weight excluding hydrogens is 258 g/mol. The van der Waals surface area contributed by atoms with Gasteiger partial charge in [-0.25, -0.2) is 13.1 Å². The van der Waals surface area contributed by atoms with E-state index in [-0.39, 0.29) is 17.0 Å². The second-order valence-electron chi connectivity index (χ2n) is 3.64. The van der Waals surface area contributed by atoms with Crippen molar-refractivity contribution in [2.45, 2.75) is 24.3 Å². The second kappa shape index (κ2) is 5.57. The van der Waals surface area contributed by atoms with Crippen molar-refractivity contribution < 1.29 is 13.3 Å². The van der Waals surface area contributed by atoms with Crippen molar-refractivity contribution in [3.8, 4) is 6.07 Å². The van der Waals surface area contributed by atoms with Crippen molar-refractivity contribution in [1.29, 1.82) is 5.26 Å². The third-order valence-corrected chi connectivity index (χ3v) is 3.72. The number of benzene rings is 1. The third-order valence-electron chi connectivity index (χ3n) is 2.11. The Balaban J connectivity index is 2.92. The van der Waals surface area contributed by atoms with Gasteiger partial charge in [0.2, 0.25) is 10.0 Å². The zero-order chi connectivity index (χ0) is 13.8. The fraction of sp³-hybridized carbons (Fsp3) is 0.300. The average Bonchev–Trinajstić information content (AvgIpc) is 2.28. The minimum absolute atomic E-state index is 0.0478. The van der Waals surface area contributed by atoms with Crippen LogP contribution in [0.3, 0.4) is 0 Å². The lowest BCUT2D eigenvalue weighted by atomic mass is 10.3. The molecule has 1 N–H and O–H groups in total. The van der Waals surface area contributed by atoms with Gasteiger partial charge in [0.1, 0.15) is 0 Å².